The Morgan fingerprint density at radius 2 is 2.03 bits per heavy atom. The fraction of sp³-hybridized carbons (Fsp3) is 0.423. The lowest BCUT2D eigenvalue weighted by Crippen LogP contribution is -2.58. The number of piperazine rings is 1. The smallest absolute Gasteiger partial charge is 0.317 e. The molecule has 200 valence electrons. The molecular weight excluding hydrogens is 488 g/mol. The van der Waals surface area contributed by atoms with E-state index in [1.807, 2.05) is 38.1 Å². The van der Waals surface area contributed by atoms with E-state index in [0.717, 1.165) is 12.0 Å². The van der Waals surface area contributed by atoms with E-state index in [-0.39, 0.29) is 37.2 Å². The molecule has 0 bridgehead atoms. The number of carbonyl (C=O) groups is 2. The monoisotopic (exact) mass is 520 g/mol. The summed E-state index contributed by atoms with van der Waals surface area (Å²) in [5, 5.41) is 6.03. The number of nitrogens with zero attached hydrogens (tertiary/aromatic N) is 6. The van der Waals surface area contributed by atoms with Gasteiger partial charge in [-0.25, -0.2) is 14.8 Å². The molecule has 4 heterocycles. The first kappa shape index (κ1) is 25.3. The highest BCUT2D eigenvalue weighted by molar-refractivity contribution is 5.78. The number of hydrogen-bond donors (Lipinski definition) is 2. The van der Waals surface area contributed by atoms with Gasteiger partial charge in [0, 0.05) is 51.2 Å². The molecule has 38 heavy (non-hydrogen) atoms. The highest BCUT2D eigenvalue weighted by atomic mass is 16.7. The molecule has 1 aromatic carbocycles. The Kier molecular flexibility index (Phi) is 7.57. The van der Waals surface area contributed by atoms with E-state index in [4.69, 9.17) is 14.5 Å². The van der Waals surface area contributed by atoms with Crippen LogP contribution in [0.15, 0.2) is 49.2 Å². The quantitative estimate of drug-likeness (QED) is 0.463. The van der Waals surface area contributed by atoms with E-state index in [9.17, 15) is 9.59 Å². The van der Waals surface area contributed by atoms with Gasteiger partial charge in [0.15, 0.2) is 11.5 Å². The standard InChI is InChI=1S/C26H32N8O4/c1-3-7-29-26(36)32-11-12-34(23-6-8-28-25(31-23)33-10-9-27-16-33)20(15-32)14-24(35)30-18(2)19-4-5-21-22(13-19)38-17-37-21/h4-6,8-10,13,16,18,20H,3,7,11-12,14-15,17H2,1-2H3,(H,29,36)(H,30,35). The molecule has 2 unspecified atom stereocenters. The van der Waals surface area contributed by atoms with Crippen molar-refractivity contribution in [1.29, 1.82) is 0 Å². The third kappa shape index (κ3) is 5.63. The number of aromatic nitrogens is 4. The number of urea groups is 1. The largest absolute Gasteiger partial charge is 0.454 e. The van der Waals surface area contributed by atoms with Crippen LogP contribution in [0, 0.1) is 0 Å². The second-order valence-corrected chi connectivity index (χ2v) is 9.32. The molecule has 12 heteroatoms. The van der Waals surface area contributed by atoms with Gasteiger partial charge in [0.1, 0.15) is 12.1 Å². The molecule has 2 aromatic heterocycles. The molecule has 12 nitrogen and oxygen atoms in total. The number of anilines is 1. The minimum Gasteiger partial charge on any atom is -0.454 e. The molecule has 0 radical (unpaired) electrons. The molecule has 3 amide bonds. The van der Waals surface area contributed by atoms with Crippen molar-refractivity contribution in [1.82, 2.24) is 35.1 Å². The Hall–Kier alpha value is -4.35. The van der Waals surface area contributed by atoms with E-state index in [2.05, 4.69) is 25.5 Å². The summed E-state index contributed by atoms with van der Waals surface area (Å²) in [6, 6.07) is 6.86. The first-order valence-electron chi connectivity index (χ1n) is 12.8. The molecule has 0 saturated carbocycles. The summed E-state index contributed by atoms with van der Waals surface area (Å²) in [4.78, 5) is 43.0. The predicted molar refractivity (Wildman–Crippen MR) is 139 cm³/mol. The molecule has 3 aromatic rings. The van der Waals surface area contributed by atoms with Crippen molar-refractivity contribution in [2.24, 2.45) is 0 Å². The van der Waals surface area contributed by atoms with Crippen LogP contribution in [0.3, 0.4) is 0 Å². The van der Waals surface area contributed by atoms with Gasteiger partial charge in [0.25, 0.3) is 0 Å². The lowest BCUT2D eigenvalue weighted by atomic mass is 10.1. The zero-order valence-corrected chi connectivity index (χ0v) is 21.5. The third-order valence-corrected chi connectivity index (χ3v) is 6.65. The fourth-order valence-corrected chi connectivity index (χ4v) is 4.64. The van der Waals surface area contributed by atoms with E-state index >= 15 is 0 Å². The van der Waals surface area contributed by atoms with Crippen LogP contribution in [0.5, 0.6) is 11.5 Å². The van der Waals surface area contributed by atoms with Crippen molar-refractivity contribution in [2.75, 3.05) is 37.9 Å². The fourth-order valence-electron chi connectivity index (χ4n) is 4.64. The number of hydrogen-bond acceptors (Lipinski definition) is 8. The first-order chi connectivity index (χ1) is 18.5. The van der Waals surface area contributed by atoms with Crippen molar-refractivity contribution >= 4 is 17.8 Å². The maximum Gasteiger partial charge on any atom is 0.317 e. The predicted octanol–water partition coefficient (Wildman–Crippen LogP) is 2.27. The second kappa shape index (κ2) is 11.4. The van der Waals surface area contributed by atoms with Gasteiger partial charge in [-0.05, 0) is 37.1 Å². The summed E-state index contributed by atoms with van der Waals surface area (Å²) in [6.07, 6.45) is 7.81. The van der Waals surface area contributed by atoms with Gasteiger partial charge < -0.3 is 29.9 Å². The van der Waals surface area contributed by atoms with E-state index in [1.165, 1.54) is 0 Å². The molecule has 2 atom stereocenters. The summed E-state index contributed by atoms with van der Waals surface area (Å²) in [5.74, 6) is 2.44. The Bertz CT molecular complexity index is 1270. The molecule has 2 aliphatic rings. The average Bonchev–Trinajstić information content (AvgIpc) is 3.64. The van der Waals surface area contributed by atoms with Crippen LogP contribution in [0.2, 0.25) is 0 Å². The van der Waals surface area contributed by atoms with Crippen LogP contribution < -0.4 is 25.0 Å². The SMILES string of the molecule is CCCNC(=O)N1CCN(c2ccnc(-n3ccnc3)n2)C(CC(=O)NC(C)c2ccc3c(c2)OCO3)C1. The van der Waals surface area contributed by atoms with Gasteiger partial charge in [-0.1, -0.05) is 13.0 Å². The number of amides is 3. The summed E-state index contributed by atoms with van der Waals surface area (Å²) < 4.78 is 12.6. The highest BCUT2D eigenvalue weighted by Crippen LogP contribution is 2.34. The zero-order chi connectivity index (χ0) is 26.5. The minimum absolute atomic E-state index is 0.118. The Balaban J connectivity index is 1.31. The molecule has 1 fully saturated rings. The first-order valence-corrected chi connectivity index (χ1v) is 12.8. The normalized spacial score (nSPS) is 17.3. The molecule has 5 rings (SSSR count). The van der Waals surface area contributed by atoms with Crippen LogP contribution in [-0.4, -0.2) is 75.4 Å². The number of benzene rings is 1. The van der Waals surface area contributed by atoms with Crippen molar-refractivity contribution < 1.29 is 19.1 Å². The Labute approximate surface area is 221 Å². The number of imidazole rings is 1. The summed E-state index contributed by atoms with van der Waals surface area (Å²) in [5.41, 5.74) is 0.921. The van der Waals surface area contributed by atoms with Crippen molar-refractivity contribution in [3.63, 3.8) is 0 Å². The van der Waals surface area contributed by atoms with Crippen molar-refractivity contribution in [3.8, 4) is 17.4 Å². The Morgan fingerprint density at radius 1 is 1.16 bits per heavy atom. The summed E-state index contributed by atoms with van der Waals surface area (Å²) in [7, 11) is 0. The maximum absolute atomic E-state index is 13.2. The van der Waals surface area contributed by atoms with Crippen LogP contribution in [0.4, 0.5) is 10.6 Å². The van der Waals surface area contributed by atoms with Gasteiger partial charge in [-0.3, -0.25) is 9.36 Å². The van der Waals surface area contributed by atoms with Gasteiger partial charge >= 0.3 is 6.03 Å². The second-order valence-electron chi connectivity index (χ2n) is 9.32. The Morgan fingerprint density at radius 3 is 2.84 bits per heavy atom. The highest BCUT2D eigenvalue weighted by Gasteiger charge is 2.32. The summed E-state index contributed by atoms with van der Waals surface area (Å²) >= 11 is 0. The summed E-state index contributed by atoms with van der Waals surface area (Å²) in [6.45, 7) is 6.20. The lowest BCUT2D eigenvalue weighted by Gasteiger charge is -2.42. The number of ether oxygens (including phenoxy) is 2. The number of nitrogens with one attached hydrogen (secondary N) is 2. The van der Waals surface area contributed by atoms with Crippen LogP contribution in [0.1, 0.15) is 38.3 Å². The zero-order valence-electron chi connectivity index (χ0n) is 21.5. The van der Waals surface area contributed by atoms with Crippen molar-refractivity contribution in [2.45, 2.75) is 38.8 Å². The molecular formula is C26H32N8O4. The number of carbonyl (C=O) groups excluding carboxylic acids is 2. The van der Waals surface area contributed by atoms with E-state index in [0.29, 0.717) is 49.4 Å². The number of rotatable bonds is 8. The third-order valence-electron chi connectivity index (χ3n) is 6.65. The van der Waals surface area contributed by atoms with Crippen molar-refractivity contribution in [3.05, 3.63) is 54.7 Å². The molecule has 0 aliphatic carbocycles. The maximum atomic E-state index is 13.2. The molecule has 2 aliphatic heterocycles. The molecule has 2 N–H and O–H groups in total. The van der Waals surface area contributed by atoms with E-state index < -0.39 is 0 Å². The van der Waals surface area contributed by atoms with Gasteiger partial charge in [-0.15, -0.1) is 0 Å². The topological polar surface area (TPSA) is 127 Å². The average molecular weight is 521 g/mol. The van der Waals surface area contributed by atoms with Crippen LogP contribution in [-0.2, 0) is 4.79 Å². The van der Waals surface area contributed by atoms with Gasteiger partial charge in [0.2, 0.25) is 18.6 Å². The van der Waals surface area contributed by atoms with Gasteiger partial charge in [0.05, 0.1) is 12.1 Å². The number of fused-ring (bicyclic) bond motifs is 1. The van der Waals surface area contributed by atoms with Crippen LogP contribution in [0.25, 0.3) is 5.95 Å². The molecule has 1 saturated heterocycles. The van der Waals surface area contributed by atoms with E-state index in [1.54, 1.807) is 34.4 Å². The van der Waals surface area contributed by atoms with Gasteiger partial charge in [-0.2, -0.15) is 4.98 Å². The van der Waals surface area contributed by atoms with Crippen LogP contribution >= 0.6 is 0 Å². The minimum atomic E-state index is -0.273. The molecule has 0 spiro atoms. The lowest BCUT2D eigenvalue weighted by molar-refractivity contribution is -0.122.